The lowest BCUT2D eigenvalue weighted by molar-refractivity contribution is 0.223. The van der Waals surface area contributed by atoms with E-state index in [2.05, 4.69) is 50.3 Å². The van der Waals surface area contributed by atoms with E-state index in [-0.39, 0.29) is 30.1 Å². The van der Waals surface area contributed by atoms with Gasteiger partial charge < -0.3 is 19.9 Å². The SMILES string of the molecule is CCNC(=NCc1nnc2n1CCCC2)NCC(C)Oc1cccc(C)c1.I. The molecule has 0 saturated heterocycles. The fraction of sp³-hybridized carbons (Fsp3) is 0.550. The van der Waals surface area contributed by atoms with Crippen molar-refractivity contribution < 1.29 is 4.74 Å². The maximum Gasteiger partial charge on any atom is 0.191 e. The topological polar surface area (TPSA) is 76.4 Å². The summed E-state index contributed by atoms with van der Waals surface area (Å²) >= 11 is 0. The van der Waals surface area contributed by atoms with Crippen molar-refractivity contribution in [2.75, 3.05) is 13.1 Å². The molecular formula is C20H31IN6O. The lowest BCUT2D eigenvalue weighted by Crippen LogP contribution is -2.41. The van der Waals surface area contributed by atoms with Crippen molar-refractivity contribution in [2.45, 2.75) is 59.2 Å². The van der Waals surface area contributed by atoms with Crippen LogP contribution in [0.25, 0.3) is 0 Å². The molecule has 0 radical (unpaired) electrons. The van der Waals surface area contributed by atoms with Crippen LogP contribution >= 0.6 is 24.0 Å². The van der Waals surface area contributed by atoms with Crippen LogP contribution in [-0.4, -0.2) is 39.9 Å². The summed E-state index contributed by atoms with van der Waals surface area (Å²) in [5.41, 5.74) is 1.19. The molecule has 1 aromatic heterocycles. The second kappa shape index (κ2) is 11.2. The molecule has 7 nitrogen and oxygen atoms in total. The molecule has 2 aromatic rings. The lowest BCUT2D eigenvalue weighted by atomic mass is 10.2. The first-order valence-electron chi connectivity index (χ1n) is 9.82. The number of hydrogen-bond donors (Lipinski definition) is 2. The number of aliphatic imine (C=N–C) groups is 1. The number of rotatable bonds is 7. The van der Waals surface area contributed by atoms with Gasteiger partial charge in [-0.25, -0.2) is 4.99 Å². The molecule has 1 atom stereocenters. The van der Waals surface area contributed by atoms with Gasteiger partial charge in [-0.3, -0.25) is 0 Å². The first-order valence-corrected chi connectivity index (χ1v) is 9.82. The van der Waals surface area contributed by atoms with E-state index in [1.807, 2.05) is 25.1 Å². The van der Waals surface area contributed by atoms with Gasteiger partial charge in [0, 0.05) is 19.5 Å². The molecule has 0 saturated carbocycles. The normalized spacial score (nSPS) is 14.6. The highest BCUT2D eigenvalue weighted by molar-refractivity contribution is 14.0. The highest BCUT2D eigenvalue weighted by Crippen LogP contribution is 2.15. The van der Waals surface area contributed by atoms with Crippen molar-refractivity contribution in [1.29, 1.82) is 0 Å². The minimum atomic E-state index is 0. The van der Waals surface area contributed by atoms with E-state index in [1.165, 1.54) is 18.4 Å². The Bertz CT molecular complexity index is 776. The molecule has 154 valence electrons. The Kier molecular flexibility index (Phi) is 9.01. The fourth-order valence-electron chi connectivity index (χ4n) is 3.18. The van der Waals surface area contributed by atoms with Crippen LogP contribution in [0.1, 0.15) is 43.9 Å². The lowest BCUT2D eigenvalue weighted by Gasteiger charge is -2.18. The third-order valence-corrected chi connectivity index (χ3v) is 4.54. The molecule has 0 aliphatic carbocycles. The highest BCUT2D eigenvalue weighted by atomic mass is 127. The van der Waals surface area contributed by atoms with E-state index < -0.39 is 0 Å². The molecule has 3 rings (SSSR count). The van der Waals surface area contributed by atoms with Gasteiger partial charge in [0.05, 0.1) is 6.54 Å². The largest absolute Gasteiger partial charge is 0.489 e. The first-order chi connectivity index (χ1) is 13.2. The van der Waals surface area contributed by atoms with Crippen LogP contribution in [0.3, 0.4) is 0 Å². The average molecular weight is 498 g/mol. The third kappa shape index (κ3) is 6.35. The molecule has 8 heteroatoms. The van der Waals surface area contributed by atoms with Gasteiger partial charge >= 0.3 is 0 Å². The number of aromatic nitrogens is 3. The van der Waals surface area contributed by atoms with Crippen LogP contribution in [0.4, 0.5) is 0 Å². The molecule has 28 heavy (non-hydrogen) atoms. The van der Waals surface area contributed by atoms with E-state index in [0.717, 1.165) is 42.9 Å². The van der Waals surface area contributed by atoms with E-state index >= 15 is 0 Å². The van der Waals surface area contributed by atoms with Crippen molar-refractivity contribution in [3.05, 3.63) is 41.5 Å². The monoisotopic (exact) mass is 498 g/mol. The van der Waals surface area contributed by atoms with Gasteiger partial charge in [-0.05, 0) is 51.3 Å². The molecule has 0 fully saturated rings. The van der Waals surface area contributed by atoms with Gasteiger partial charge in [0.2, 0.25) is 0 Å². The van der Waals surface area contributed by atoms with Gasteiger partial charge in [0.15, 0.2) is 11.8 Å². The van der Waals surface area contributed by atoms with Crippen LogP contribution in [0.2, 0.25) is 0 Å². The molecule has 1 aromatic carbocycles. The number of fused-ring (bicyclic) bond motifs is 1. The van der Waals surface area contributed by atoms with Gasteiger partial charge in [0.25, 0.3) is 0 Å². The number of guanidine groups is 1. The maximum atomic E-state index is 5.98. The average Bonchev–Trinajstić information content (AvgIpc) is 3.07. The zero-order valence-electron chi connectivity index (χ0n) is 16.9. The Morgan fingerprint density at radius 1 is 1.29 bits per heavy atom. The smallest absolute Gasteiger partial charge is 0.191 e. The Morgan fingerprint density at radius 2 is 2.14 bits per heavy atom. The molecule has 0 amide bonds. The van der Waals surface area contributed by atoms with Crippen LogP contribution in [0, 0.1) is 6.92 Å². The van der Waals surface area contributed by atoms with Crippen molar-refractivity contribution in [3.8, 4) is 5.75 Å². The van der Waals surface area contributed by atoms with Crippen molar-refractivity contribution in [3.63, 3.8) is 0 Å². The van der Waals surface area contributed by atoms with Crippen LogP contribution in [0.5, 0.6) is 5.75 Å². The minimum Gasteiger partial charge on any atom is -0.489 e. The Labute approximate surface area is 184 Å². The second-order valence-electron chi connectivity index (χ2n) is 6.96. The van der Waals surface area contributed by atoms with Gasteiger partial charge in [-0.2, -0.15) is 0 Å². The third-order valence-electron chi connectivity index (χ3n) is 4.54. The zero-order chi connectivity index (χ0) is 19.1. The highest BCUT2D eigenvalue weighted by Gasteiger charge is 2.15. The maximum absolute atomic E-state index is 5.98. The molecule has 0 bridgehead atoms. The molecule has 1 aliphatic heterocycles. The summed E-state index contributed by atoms with van der Waals surface area (Å²) in [7, 11) is 0. The van der Waals surface area contributed by atoms with Crippen LogP contribution < -0.4 is 15.4 Å². The Morgan fingerprint density at radius 3 is 2.93 bits per heavy atom. The van der Waals surface area contributed by atoms with Gasteiger partial charge in [0.1, 0.15) is 24.2 Å². The summed E-state index contributed by atoms with van der Waals surface area (Å²) in [5, 5.41) is 15.2. The molecule has 2 heterocycles. The van der Waals surface area contributed by atoms with Crippen molar-refractivity contribution >= 4 is 29.9 Å². The first kappa shape index (κ1) is 22.4. The summed E-state index contributed by atoms with van der Waals surface area (Å²) < 4.78 is 8.19. The number of ether oxygens (including phenoxy) is 1. The van der Waals surface area contributed by atoms with Gasteiger partial charge in [-0.15, -0.1) is 34.2 Å². The zero-order valence-corrected chi connectivity index (χ0v) is 19.3. The molecule has 1 aliphatic rings. The molecule has 0 spiro atoms. The predicted octanol–water partition coefficient (Wildman–Crippen LogP) is 3.06. The predicted molar refractivity (Wildman–Crippen MR) is 122 cm³/mol. The van der Waals surface area contributed by atoms with E-state index in [0.29, 0.717) is 13.1 Å². The summed E-state index contributed by atoms with van der Waals surface area (Å²) in [6, 6.07) is 8.10. The number of halogens is 1. The summed E-state index contributed by atoms with van der Waals surface area (Å²) in [5.74, 6) is 3.68. The number of nitrogens with zero attached hydrogens (tertiary/aromatic N) is 4. The van der Waals surface area contributed by atoms with Gasteiger partial charge in [-0.1, -0.05) is 12.1 Å². The summed E-state index contributed by atoms with van der Waals surface area (Å²) in [6.45, 7) is 9.16. The summed E-state index contributed by atoms with van der Waals surface area (Å²) in [6.07, 6.45) is 3.43. The molecule has 2 N–H and O–H groups in total. The molecular weight excluding hydrogens is 467 g/mol. The van der Waals surface area contributed by atoms with Crippen LogP contribution in [0.15, 0.2) is 29.3 Å². The minimum absolute atomic E-state index is 0. The quantitative estimate of drug-likeness (QED) is 0.349. The Balaban J connectivity index is 0.00000280. The number of hydrogen-bond acceptors (Lipinski definition) is 4. The van der Waals surface area contributed by atoms with Crippen molar-refractivity contribution in [2.24, 2.45) is 4.99 Å². The number of aryl methyl sites for hydroxylation is 2. The van der Waals surface area contributed by atoms with E-state index in [4.69, 9.17) is 4.74 Å². The van der Waals surface area contributed by atoms with Crippen molar-refractivity contribution in [1.82, 2.24) is 25.4 Å². The summed E-state index contributed by atoms with van der Waals surface area (Å²) in [4.78, 5) is 4.67. The number of benzene rings is 1. The van der Waals surface area contributed by atoms with E-state index in [9.17, 15) is 0 Å². The number of nitrogens with one attached hydrogen (secondary N) is 2. The molecule has 1 unspecified atom stereocenters. The Hall–Kier alpha value is -1.84. The van der Waals surface area contributed by atoms with E-state index in [1.54, 1.807) is 0 Å². The fourth-order valence-corrected chi connectivity index (χ4v) is 3.18. The van der Waals surface area contributed by atoms with Crippen LogP contribution in [-0.2, 0) is 19.5 Å². The standard InChI is InChI=1S/C20H30N6O.HI/c1-4-21-20(22-13-16(3)27-17-9-7-8-15(2)12-17)23-14-19-25-24-18-10-5-6-11-26(18)19;/h7-9,12,16H,4-6,10-11,13-14H2,1-3H3,(H2,21,22,23);1H. The second-order valence-corrected chi connectivity index (χ2v) is 6.96.